The van der Waals surface area contributed by atoms with Crippen LogP contribution in [0.25, 0.3) is 0 Å². The van der Waals surface area contributed by atoms with Gasteiger partial charge >= 0.3 is 0 Å². The number of rotatable bonds is 5. The molecule has 0 saturated carbocycles. The molecule has 0 saturated heterocycles. The van der Waals surface area contributed by atoms with Gasteiger partial charge in [-0.15, -0.1) is 12.8 Å². The molecule has 17 heavy (non-hydrogen) atoms. The molecule has 88 valence electrons. The van der Waals surface area contributed by atoms with Crippen LogP contribution in [0.4, 0.5) is 0 Å². The Kier molecular flexibility index (Phi) is 5.07. The predicted octanol–water partition coefficient (Wildman–Crippen LogP) is 2.37. The van der Waals surface area contributed by atoms with E-state index >= 15 is 0 Å². The second kappa shape index (κ2) is 6.58. The van der Waals surface area contributed by atoms with Gasteiger partial charge in [0.05, 0.1) is 12.1 Å². The Balaban J connectivity index is 3.06. The topological polar surface area (TPSA) is 27.7 Å². The van der Waals surface area contributed by atoms with Crippen molar-refractivity contribution in [3.8, 4) is 41.9 Å². The molecule has 3 nitrogen and oxygen atoms in total. The highest BCUT2D eigenvalue weighted by Crippen LogP contribution is 2.39. The first-order valence-corrected chi connectivity index (χ1v) is 5.10. The first-order valence-electron chi connectivity index (χ1n) is 4.73. The number of hydrogen-bond acceptors (Lipinski definition) is 3. The third kappa shape index (κ3) is 3.52. The van der Waals surface area contributed by atoms with E-state index in [-0.39, 0.29) is 13.2 Å². The zero-order valence-electron chi connectivity index (χ0n) is 9.33. The summed E-state index contributed by atoms with van der Waals surface area (Å²) in [5.41, 5.74) is 0. The van der Waals surface area contributed by atoms with Gasteiger partial charge in [-0.3, -0.25) is 0 Å². The fourth-order valence-corrected chi connectivity index (χ4v) is 1.40. The van der Waals surface area contributed by atoms with Crippen LogP contribution in [-0.4, -0.2) is 20.3 Å². The van der Waals surface area contributed by atoms with Gasteiger partial charge in [0.15, 0.2) is 11.5 Å². The molecule has 1 rings (SSSR count). The van der Waals surface area contributed by atoms with E-state index < -0.39 is 0 Å². The van der Waals surface area contributed by atoms with Crippen molar-refractivity contribution < 1.29 is 14.2 Å². The van der Waals surface area contributed by atoms with Crippen molar-refractivity contribution in [3.63, 3.8) is 0 Å². The number of halogens is 1. The van der Waals surface area contributed by atoms with Gasteiger partial charge in [-0.25, -0.2) is 0 Å². The maximum Gasteiger partial charge on any atom is 0.181 e. The smallest absolute Gasteiger partial charge is 0.181 e. The van der Waals surface area contributed by atoms with Crippen molar-refractivity contribution in [1.82, 2.24) is 0 Å². The zero-order chi connectivity index (χ0) is 12.7. The minimum atomic E-state index is 0.0957. The molecule has 4 heteroatoms. The minimum Gasteiger partial charge on any atom is -0.497 e. The maximum absolute atomic E-state index is 6.02. The lowest BCUT2D eigenvalue weighted by Gasteiger charge is -2.13. The fourth-order valence-electron chi connectivity index (χ4n) is 1.14. The van der Waals surface area contributed by atoms with Crippen LogP contribution in [0.5, 0.6) is 17.2 Å². The van der Waals surface area contributed by atoms with Gasteiger partial charge < -0.3 is 14.2 Å². The Morgan fingerprint density at radius 3 is 2.41 bits per heavy atom. The Morgan fingerprint density at radius 1 is 1.18 bits per heavy atom. The van der Waals surface area contributed by atoms with E-state index in [1.54, 1.807) is 12.1 Å². The molecule has 0 N–H and O–H groups in total. The SMILES string of the molecule is C#CCOc1cc(OC)cc(Cl)c1OCC#C. The van der Waals surface area contributed by atoms with Crippen molar-refractivity contribution in [1.29, 1.82) is 0 Å². The molecule has 0 heterocycles. The Hall–Kier alpha value is -1.97. The van der Waals surface area contributed by atoms with Crippen molar-refractivity contribution in [2.45, 2.75) is 0 Å². The van der Waals surface area contributed by atoms with Crippen molar-refractivity contribution in [2.75, 3.05) is 20.3 Å². The first kappa shape index (κ1) is 13.1. The van der Waals surface area contributed by atoms with Gasteiger partial charge in [-0.2, -0.15) is 0 Å². The Morgan fingerprint density at radius 2 is 1.82 bits per heavy atom. The number of ether oxygens (including phenoxy) is 3. The average molecular weight is 251 g/mol. The lowest BCUT2D eigenvalue weighted by atomic mass is 10.3. The maximum atomic E-state index is 6.02. The predicted molar refractivity (Wildman–Crippen MR) is 66.7 cm³/mol. The molecule has 0 radical (unpaired) electrons. The molecule has 1 aromatic carbocycles. The zero-order valence-corrected chi connectivity index (χ0v) is 10.1. The quantitative estimate of drug-likeness (QED) is 0.751. The van der Waals surface area contributed by atoms with Gasteiger partial charge in [0.2, 0.25) is 0 Å². The summed E-state index contributed by atoms with van der Waals surface area (Å²) in [6, 6.07) is 3.24. The van der Waals surface area contributed by atoms with Crippen LogP contribution in [-0.2, 0) is 0 Å². The summed E-state index contributed by atoms with van der Waals surface area (Å²) < 4.78 is 15.7. The third-order valence-corrected chi connectivity index (χ3v) is 2.11. The summed E-state index contributed by atoms with van der Waals surface area (Å²) in [4.78, 5) is 0. The number of methoxy groups -OCH3 is 1. The molecule has 0 aliphatic rings. The standard InChI is InChI=1S/C13H11ClO3/c1-4-6-16-12-9-10(15-3)8-11(14)13(12)17-7-5-2/h1-2,8-9H,6-7H2,3H3. The van der Waals surface area contributed by atoms with Crippen LogP contribution in [0.3, 0.4) is 0 Å². The summed E-state index contributed by atoms with van der Waals surface area (Å²) in [5, 5.41) is 0.353. The second-order valence-corrected chi connectivity index (χ2v) is 3.33. The van der Waals surface area contributed by atoms with E-state index in [1.807, 2.05) is 0 Å². The van der Waals surface area contributed by atoms with Gasteiger partial charge in [-0.1, -0.05) is 23.4 Å². The molecule has 0 unspecified atom stereocenters. The monoisotopic (exact) mass is 250 g/mol. The highest BCUT2D eigenvalue weighted by atomic mass is 35.5. The molecule has 0 atom stereocenters. The van der Waals surface area contributed by atoms with E-state index in [0.29, 0.717) is 22.3 Å². The minimum absolute atomic E-state index is 0.0957. The number of terminal acetylenes is 2. The van der Waals surface area contributed by atoms with E-state index in [1.165, 1.54) is 7.11 Å². The normalized spacial score (nSPS) is 8.94. The first-order chi connectivity index (χ1) is 8.22. The highest BCUT2D eigenvalue weighted by molar-refractivity contribution is 6.32. The molecule has 0 spiro atoms. The molecular formula is C13H11ClO3. The van der Waals surface area contributed by atoms with Crippen LogP contribution >= 0.6 is 11.6 Å². The van der Waals surface area contributed by atoms with Crippen LogP contribution in [0.1, 0.15) is 0 Å². The summed E-state index contributed by atoms with van der Waals surface area (Å²) in [5.74, 6) is 6.02. The largest absolute Gasteiger partial charge is 0.497 e. The van der Waals surface area contributed by atoms with Crippen LogP contribution in [0, 0.1) is 24.7 Å². The molecule has 1 aromatic rings. The van der Waals surface area contributed by atoms with Crippen LogP contribution in [0.2, 0.25) is 5.02 Å². The summed E-state index contributed by atoms with van der Waals surface area (Å²) in [6.45, 7) is 0.203. The molecule has 0 aliphatic carbocycles. The van der Waals surface area contributed by atoms with E-state index in [0.717, 1.165) is 0 Å². The Labute approximate surface area is 106 Å². The van der Waals surface area contributed by atoms with Crippen molar-refractivity contribution >= 4 is 11.6 Å². The fraction of sp³-hybridized carbons (Fsp3) is 0.231. The highest BCUT2D eigenvalue weighted by Gasteiger charge is 2.12. The van der Waals surface area contributed by atoms with Crippen molar-refractivity contribution in [2.24, 2.45) is 0 Å². The summed E-state index contributed by atoms with van der Waals surface area (Å²) in [7, 11) is 1.53. The number of benzene rings is 1. The summed E-state index contributed by atoms with van der Waals surface area (Å²) >= 11 is 6.02. The lowest BCUT2D eigenvalue weighted by molar-refractivity contribution is 0.311. The van der Waals surface area contributed by atoms with Gasteiger partial charge in [0.1, 0.15) is 19.0 Å². The van der Waals surface area contributed by atoms with E-state index in [4.69, 9.17) is 38.7 Å². The molecular weight excluding hydrogens is 240 g/mol. The molecule has 0 fully saturated rings. The molecule has 0 aliphatic heterocycles. The van der Waals surface area contributed by atoms with Gasteiger partial charge in [0.25, 0.3) is 0 Å². The Bertz CT molecular complexity index is 469. The van der Waals surface area contributed by atoms with Crippen molar-refractivity contribution in [3.05, 3.63) is 17.2 Å². The summed E-state index contributed by atoms with van der Waals surface area (Å²) in [6.07, 6.45) is 10.2. The molecule has 0 bridgehead atoms. The number of hydrogen-bond donors (Lipinski definition) is 0. The van der Waals surface area contributed by atoms with Gasteiger partial charge in [0, 0.05) is 12.1 Å². The van der Waals surface area contributed by atoms with E-state index in [2.05, 4.69) is 11.8 Å². The lowest BCUT2D eigenvalue weighted by Crippen LogP contribution is -2.01. The molecule has 0 amide bonds. The third-order valence-electron chi connectivity index (χ3n) is 1.83. The van der Waals surface area contributed by atoms with Crippen LogP contribution < -0.4 is 14.2 Å². The van der Waals surface area contributed by atoms with Gasteiger partial charge in [-0.05, 0) is 0 Å². The van der Waals surface area contributed by atoms with E-state index in [9.17, 15) is 0 Å². The average Bonchev–Trinajstić information content (AvgIpc) is 2.34. The van der Waals surface area contributed by atoms with Crippen LogP contribution in [0.15, 0.2) is 12.1 Å². The molecule has 0 aromatic heterocycles. The second-order valence-electron chi connectivity index (χ2n) is 2.92.